The monoisotopic (exact) mass is 242 g/mol. The van der Waals surface area contributed by atoms with E-state index in [1.807, 2.05) is 42.5 Å². The van der Waals surface area contributed by atoms with Crippen molar-refractivity contribution >= 4 is 16.7 Å². The highest BCUT2D eigenvalue weighted by Gasteiger charge is 2.09. The Morgan fingerprint density at radius 1 is 1.17 bits per heavy atom. The zero-order valence-corrected chi connectivity index (χ0v) is 10.8. The molecule has 2 nitrogen and oxygen atoms in total. The van der Waals surface area contributed by atoms with E-state index < -0.39 is 0 Å². The van der Waals surface area contributed by atoms with E-state index in [2.05, 4.69) is 13.8 Å². The van der Waals surface area contributed by atoms with Gasteiger partial charge in [-0.05, 0) is 28.8 Å². The molecule has 94 valence electrons. The van der Waals surface area contributed by atoms with Crippen molar-refractivity contribution in [1.29, 1.82) is 0 Å². The molecule has 0 saturated carbocycles. The molecule has 0 N–H and O–H groups in total. The zero-order chi connectivity index (χ0) is 13.0. The van der Waals surface area contributed by atoms with Crippen LogP contribution in [0.15, 0.2) is 42.5 Å². The molecule has 2 heteroatoms. The van der Waals surface area contributed by atoms with Gasteiger partial charge in [-0.25, -0.2) is 4.79 Å². The molecule has 2 rings (SSSR count). The van der Waals surface area contributed by atoms with Crippen molar-refractivity contribution in [3.8, 4) is 0 Å². The highest BCUT2D eigenvalue weighted by molar-refractivity contribution is 5.95. The van der Waals surface area contributed by atoms with Gasteiger partial charge in [-0.2, -0.15) is 0 Å². The van der Waals surface area contributed by atoms with Crippen molar-refractivity contribution in [1.82, 2.24) is 0 Å². The topological polar surface area (TPSA) is 26.3 Å². The second kappa shape index (κ2) is 5.67. The lowest BCUT2D eigenvalue weighted by Gasteiger charge is -2.09. The third kappa shape index (κ3) is 2.89. The SMILES string of the molecule is CC[C@H](C)COC(=O)c1ccc2ccccc2c1. The minimum atomic E-state index is -0.235. The summed E-state index contributed by atoms with van der Waals surface area (Å²) < 4.78 is 5.29. The molecule has 0 aliphatic rings. The number of benzene rings is 2. The number of esters is 1. The Bertz CT molecular complexity index is 546. The van der Waals surface area contributed by atoms with Crippen molar-refractivity contribution in [2.75, 3.05) is 6.61 Å². The van der Waals surface area contributed by atoms with Gasteiger partial charge in [0.05, 0.1) is 12.2 Å². The molecular weight excluding hydrogens is 224 g/mol. The molecule has 1 atom stereocenters. The van der Waals surface area contributed by atoms with Crippen LogP contribution in [0.5, 0.6) is 0 Å². The third-order valence-electron chi connectivity index (χ3n) is 3.18. The van der Waals surface area contributed by atoms with Gasteiger partial charge < -0.3 is 4.74 Å². The molecule has 0 bridgehead atoms. The maximum absolute atomic E-state index is 11.9. The summed E-state index contributed by atoms with van der Waals surface area (Å²) in [5, 5.41) is 2.20. The Labute approximate surface area is 108 Å². The Balaban J connectivity index is 2.13. The largest absolute Gasteiger partial charge is 0.462 e. The van der Waals surface area contributed by atoms with E-state index in [-0.39, 0.29) is 5.97 Å². The number of ether oxygens (including phenoxy) is 1. The Hall–Kier alpha value is -1.83. The van der Waals surface area contributed by atoms with E-state index in [0.717, 1.165) is 17.2 Å². The summed E-state index contributed by atoms with van der Waals surface area (Å²) in [4.78, 5) is 11.9. The molecule has 2 aromatic carbocycles. The number of carbonyl (C=O) groups is 1. The molecule has 0 radical (unpaired) electrons. The van der Waals surface area contributed by atoms with E-state index in [0.29, 0.717) is 18.1 Å². The number of carbonyl (C=O) groups excluding carboxylic acids is 1. The van der Waals surface area contributed by atoms with Crippen molar-refractivity contribution in [3.05, 3.63) is 48.0 Å². The molecular formula is C16H18O2. The fourth-order valence-corrected chi connectivity index (χ4v) is 1.74. The van der Waals surface area contributed by atoms with Crippen LogP contribution in [-0.2, 0) is 4.74 Å². The summed E-state index contributed by atoms with van der Waals surface area (Å²) in [5.41, 5.74) is 0.622. The number of hydrogen-bond donors (Lipinski definition) is 0. The zero-order valence-electron chi connectivity index (χ0n) is 10.8. The fourth-order valence-electron chi connectivity index (χ4n) is 1.74. The molecule has 0 unspecified atom stereocenters. The van der Waals surface area contributed by atoms with Gasteiger partial charge in [0.2, 0.25) is 0 Å². The molecule has 0 aliphatic carbocycles. The number of fused-ring (bicyclic) bond motifs is 1. The van der Waals surface area contributed by atoms with Crippen LogP contribution < -0.4 is 0 Å². The van der Waals surface area contributed by atoms with Gasteiger partial charge in [-0.15, -0.1) is 0 Å². The maximum Gasteiger partial charge on any atom is 0.338 e. The van der Waals surface area contributed by atoms with Crippen molar-refractivity contribution in [2.24, 2.45) is 5.92 Å². The van der Waals surface area contributed by atoms with Crippen molar-refractivity contribution in [2.45, 2.75) is 20.3 Å². The van der Waals surface area contributed by atoms with Crippen LogP contribution in [0.1, 0.15) is 30.6 Å². The van der Waals surface area contributed by atoms with Crippen LogP contribution in [0.25, 0.3) is 10.8 Å². The van der Waals surface area contributed by atoms with Gasteiger partial charge in [0.25, 0.3) is 0 Å². The first-order valence-corrected chi connectivity index (χ1v) is 6.36. The average Bonchev–Trinajstić information content (AvgIpc) is 2.43. The molecule has 0 fully saturated rings. The second-order valence-electron chi connectivity index (χ2n) is 4.67. The molecule has 0 spiro atoms. The highest BCUT2D eigenvalue weighted by atomic mass is 16.5. The predicted octanol–water partition coefficient (Wildman–Crippen LogP) is 4.04. The van der Waals surface area contributed by atoms with Crippen molar-refractivity contribution < 1.29 is 9.53 Å². The minimum Gasteiger partial charge on any atom is -0.462 e. The molecule has 0 aromatic heterocycles. The van der Waals surface area contributed by atoms with E-state index in [1.165, 1.54) is 0 Å². The first kappa shape index (κ1) is 12.6. The van der Waals surface area contributed by atoms with Crippen LogP contribution >= 0.6 is 0 Å². The normalized spacial score (nSPS) is 12.3. The second-order valence-corrected chi connectivity index (χ2v) is 4.67. The van der Waals surface area contributed by atoms with Gasteiger partial charge in [0.15, 0.2) is 0 Å². The van der Waals surface area contributed by atoms with E-state index in [1.54, 1.807) is 0 Å². The molecule has 18 heavy (non-hydrogen) atoms. The van der Waals surface area contributed by atoms with Crippen LogP contribution in [0.4, 0.5) is 0 Å². The van der Waals surface area contributed by atoms with Gasteiger partial charge in [-0.3, -0.25) is 0 Å². The lowest BCUT2D eigenvalue weighted by atomic mass is 10.1. The summed E-state index contributed by atoms with van der Waals surface area (Å²) >= 11 is 0. The standard InChI is InChI=1S/C16H18O2/c1-3-12(2)11-18-16(17)15-9-8-13-6-4-5-7-14(13)10-15/h4-10,12H,3,11H2,1-2H3/t12-/m0/s1. The summed E-state index contributed by atoms with van der Waals surface area (Å²) in [6.45, 7) is 4.66. The van der Waals surface area contributed by atoms with Gasteiger partial charge in [0.1, 0.15) is 0 Å². The molecule has 2 aromatic rings. The quantitative estimate of drug-likeness (QED) is 0.756. The van der Waals surface area contributed by atoms with E-state index >= 15 is 0 Å². The Morgan fingerprint density at radius 3 is 2.61 bits per heavy atom. The minimum absolute atomic E-state index is 0.235. The Morgan fingerprint density at radius 2 is 1.89 bits per heavy atom. The molecule has 0 heterocycles. The highest BCUT2D eigenvalue weighted by Crippen LogP contribution is 2.16. The van der Waals surface area contributed by atoms with Crippen molar-refractivity contribution in [3.63, 3.8) is 0 Å². The number of rotatable bonds is 4. The molecule has 0 saturated heterocycles. The first-order valence-electron chi connectivity index (χ1n) is 6.36. The van der Waals surface area contributed by atoms with Gasteiger partial charge in [0, 0.05) is 0 Å². The van der Waals surface area contributed by atoms with Gasteiger partial charge in [-0.1, -0.05) is 50.6 Å². The maximum atomic E-state index is 11.9. The van der Waals surface area contributed by atoms with E-state index in [4.69, 9.17) is 4.74 Å². The van der Waals surface area contributed by atoms with Gasteiger partial charge >= 0.3 is 5.97 Å². The summed E-state index contributed by atoms with van der Waals surface area (Å²) in [7, 11) is 0. The summed E-state index contributed by atoms with van der Waals surface area (Å²) in [6, 6.07) is 13.6. The third-order valence-corrected chi connectivity index (χ3v) is 3.18. The lowest BCUT2D eigenvalue weighted by Crippen LogP contribution is -2.11. The van der Waals surface area contributed by atoms with Crippen LogP contribution in [0.2, 0.25) is 0 Å². The molecule has 0 amide bonds. The lowest BCUT2D eigenvalue weighted by molar-refractivity contribution is 0.0447. The Kier molecular flexibility index (Phi) is 3.98. The average molecular weight is 242 g/mol. The number of hydrogen-bond acceptors (Lipinski definition) is 2. The predicted molar refractivity (Wildman–Crippen MR) is 73.7 cm³/mol. The van der Waals surface area contributed by atoms with Crippen LogP contribution in [-0.4, -0.2) is 12.6 Å². The van der Waals surface area contributed by atoms with E-state index in [9.17, 15) is 4.79 Å². The summed E-state index contributed by atoms with van der Waals surface area (Å²) in [5.74, 6) is 0.176. The summed E-state index contributed by atoms with van der Waals surface area (Å²) in [6.07, 6.45) is 1.02. The smallest absolute Gasteiger partial charge is 0.338 e. The first-order chi connectivity index (χ1) is 8.70. The van der Waals surface area contributed by atoms with Crippen LogP contribution in [0, 0.1) is 5.92 Å². The fraction of sp³-hybridized carbons (Fsp3) is 0.312. The van der Waals surface area contributed by atoms with Crippen LogP contribution in [0.3, 0.4) is 0 Å². The molecule has 0 aliphatic heterocycles.